The second kappa shape index (κ2) is 4.25. The molecule has 0 amide bonds. The molecule has 3 rings (SSSR count). The zero-order valence-corrected chi connectivity index (χ0v) is 8.31. The third kappa shape index (κ3) is 2.57. The van der Waals surface area contributed by atoms with Crippen LogP contribution < -0.4 is 0 Å². The van der Waals surface area contributed by atoms with Gasteiger partial charge in [0, 0.05) is 0 Å². The van der Waals surface area contributed by atoms with E-state index in [2.05, 4.69) is 55.5 Å². The second-order valence-corrected chi connectivity index (χ2v) is 3.49. The number of fused-ring (bicyclic) bond motifs is 1. The van der Waals surface area contributed by atoms with Gasteiger partial charge in [0.1, 0.15) is 0 Å². The number of ether oxygens (including phenoxy) is 1. The van der Waals surface area contributed by atoms with Gasteiger partial charge in [-0.2, -0.15) is 0 Å². The number of rotatable bonds is 0. The molecule has 0 bridgehead atoms. The van der Waals surface area contributed by atoms with Crippen LogP contribution in [-0.2, 0) is 4.74 Å². The Morgan fingerprint density at radius 3 is 1.43 bits per heavy atom. The monoisotopic (exact) mass is 186 g/mol. The lowest BCUT2D eigenvalue weighted by atomic mass is 10.1. The van der Waals surface area contributed by atoms with Gasteiger partial charge in [0.25, 0.3) is 0 Å². The molecule has 0 aromatic heterocycles. The fourth-order valence-corrected chi connectivity index (χ4v) is 1.23. The maximum absolute atomic E-state index is 4.71. The van der Waals surface area contributed by atoms with Crippen LogP contribution in [0.25, 0.3) is 10.8 Å². The van der Waals surface area contributed by atoms with Crippen molar-refractivity contribution in [2.45, 2.75) is 13.0 Å². The molecule has 1 atom stereocenters. The minimum Gasteiger partial charge on any atom is -0.373 e. The first-order valence-corrected chi connectivity index (χ1v) is 4.91. The fourth-order valence-electron chi connectivity index (χ4n) is 1.23. The van der Waals surface area contributed by atoms with E-state index in [1.165, 1.54) is 10.8 Å². The first kappa shape index (κ1) is 9.22. The lowest BCUT2D eigenvalue weighted by Gasteiger charge is -1.92. The summed E-state index contributed by atoms with van der Waals surface area (Å²) < 4.78 is 4.71. The molecule has 1 fully saturated rings. The summed E-state index contributed by atoms with van der Waals surface area (Å²) in [6.07, 6.45) is 0.583. The highest BCUT2D eigenvalue weighted by Crippen LogP contribution is 2.11. The largest absolute Gasteiger partial charge is 0.373 e. The van der Waals surface area contributed by atoms with Gasteiger partial charge in [-0.1, -0.05) is 48.5 Å². The van der Waals surface area contributed by atoms with Gasteiger partial charge in [-0.15, -0.1) is 0 Å². The molecule has 2 aromatic carbocycles. The molecule has 0 N–H and O–H groups in total. The van der Waals surface area contributed by atoms with Crippen molar-refractivity contribution >= 4 is 10.8 Å². The molecule has 0 radical (unpaired) electrons. The first-order valence-electron chi connectivity index (χ1n) is 4.91. The van der Waals surface area contributed by atoms with Crippen molar-refractivity contribution in [1.82, 2.24) is 0 Å². The SMILES string of the molecule is CC1CO1.c1ccc2ccccc2c1. The van der Waals surface area contributed by atoms with Gasteiger partial charge in [-0.3, -0.25) is 0 Å². The summed E-state index contributed by atoms with van der Waals surface area (Å²) in [7, 11) is 0. The van der Waals surface area contributed by atoms with E-state index in [4.69, 9.17) is 4.74 Å². The Morgan fingerprint density at radius 2 is 1.21 bits per heavy atom. The van der Waals surface area contributed by atoms with Gasteiger partial charge >= 0.3 is 0 Å². The normalized spacial score (nSPS) is 18.5. The Balaban J connectivity index is 0.000000157. The van der Waals surface area contributed by atoms with Crippen LogP contribution in [0.3, 0.4) is 0 Å². The van der Waals surface area contributed by atoms with Crippen LogP contribution in [0.1, 0.15) is 6.92 Å². The van der Waals surface area contributed by atoms with Gasteiger partial charge in [0.05, 0.1) is 12.7 Å². The first-order chi connectivity index (χ1) is 6.86. The molecule has 2 aromatic rings. The highest BCUT2D eigenvalue weighted by atomic mass is 16.6. The number of hydrogen-bond donors (Lipinski definition) is 0. The second-order valence-electron chi connectivity index (χ2n) is 3.49. The predicted molar refractivity (Wildman–Crippen MR) is 59.4 cm³/mol. The summed E-state index contributed by atoms with van der Waals surface area (Å²) in [6.45, 7) is 3.04. The predicted octanol–water partition coefficient (Wildman–Crippen LogP) is 3.24. The van der Waals surface area contributed by atoms with E-state index in [-0.39, 0.29) is 0 Å². The van der Waals surface area contributed by atoms with Crippen LogP contribution in [0.15, 0.2) is 48.5 Å². The lowest BCUT2D eigenvalue weighted by molar-refractivity contribution is 0.423. The summed E-state index contributed by atoms with van der Waals surface area (Å²) in [5, 5.41) is 2.62. The molecule has 1 heteroatoms. The van der Waals surface area contributed by atoms with E-state index < -0.39 is 0 Å². The van der Waals surface area contributed by atoms with Crippen molar-refractivity contribution in [1.29, 1.82) is 0 Å². The zero-order chi connectivity index (χ0) is 9.80. The average Bonchev–Trinajstić information content (AvgIpc) is 3.02. The van der Waals surface area contributed by atoms with Gasteiger partial charge in [-0.05, 0) is 17.7 Å². The maximum Gasteiger partial charge on any atom is 0.0781 e. The minimum absolute atomic E-state index is 0.583. The van der Waals surface area contributed by atoms with Crippen LogP contribution in [0.4, 0.5) is 0 Å². The smallest absolute Gasteiger partial charge is 0.0781 e. The molecule has 1 aliphatic heterocycles. The molecule has 1 saturated heterocycles. The fraction of sp³-hybridized carbons (Fsp3) is 0.231. The number of benzene rings is 2. The maximum atomic E-state index is 4.71. The van der Waals surface area contributed by atoms with Gasteiger partial charge in [-0.25, -0.2) is 0 Å². The Labute approximate surface area is 84.3 Å². The molecule has 1 nitrogen and oxygen atoms in total. The summed E-state index contributed by atoms with van der Waals surface area (Å²) in [6, 6.07) is 16.7. The van der Waals surface area contributed by atoms with Crippen molar-refractivity contribution in [2.24, 2.45) is 0 Å². The van der Waals surface area contributed by atoms with Crippen molar-refractivity contribution in [3.8, 4) is 0 Å². The molecule has 72 valence electrons. The Morgan fingerprint density at radius 1 is 0.929 bits per heavy atom. The molecule has 0 saturated carbocycles. The van der Waals surface area contributed by atoms with Gasteiger partial charge in [0.15, 0.2) is 0 Å². The van der Waals surface area contributed by atoms with E-state index in [1.54, 1.807) is 0 Å². The average molecular weight is 186 g/mol. The Hall–Kier alpha value is -1.34. The van der Waals surface area contributed by atoms with E-state index in [1.807, 2.05) is 0 Å². The Kier molecular flexibility index (Phi) is 2.80. The molecule has 0 spiro atoms. The molecule has 1 heterocycles. The van der Waals surface area contributed by atoms with Crippen LogP contribution >= 0.6 is 0 Å². The van der Waals surface area contributed by atoms with Gasteiger partial charge < -0.3 is 4.74 Å². The van der Waals surface area contributed by atoms with Crippen molar-refractivity contribution in [3.05, 3.63) is 48.5 Å². The molecule has 1 aliphatic rings. The zero-order valence-electron chi connectivity index (χ0n) is 8.31. The minimum atomic E-state index is 0.583. The molecule has 14 heavy (non-hydrogen) atoms. The highest BCUT2D eigenvalue weighted by molar-refractivity contribution is 5.81. The summed E-state index contributed by atoms with van der Waals surface area (Å²) in [5.41, 5.74) is 0. The van der Waals surface area contributed by atoms with E-state index >= 15 is 0 Å². The van der Waals surface area contributed by atoms with E-state index in [0.29, 0.717) is 6.10 Å². The Bertz CT molecular complexity index is 339. The quantitative estimate of drug-likeness (QED) is 0.575. The van der Waals surface area contributed by atoms with E-state index in [0.717, 1.165) is 6.61 Å². The summed E-state index contributed by atoms with van der Waals surface area (Å²) in [4.78, 5) is 0. The van der Waals surface area contributed by atoms with Crippen molar-refractivity contribution in [3.63, 3.8) is 0 Å². The topological polar surface area (TPSA) is 12.5 Å². The number of epoxide rings is 1. The summed E-state index contributed by atoms with van der Waals surface area (Å²) in [5.74, 6) is 0. The molecule has 1 unspecified atom stereocenters. The highest BCUT2D eigenvalue weighted by Gasteiger charge is 2.13. The van der Waals surface area contributed by atoms with E-state index in [9.17, 15) is 0 Å². The van der Waals surface area contributed by atoms with Crippen molar-refractivity contribution in [2.75, 3.05) is 6.61 Å². The number of hydrogen-bond acceptors (Lipinski definition) is 1. The van der Waals surface area contributed by atoms with Crippen molar-refractivity contribution < 1.29 is 4.74 Å². The van der Waals surface area contributed by atoms with Crippen LogP contribution in [0, 0.1) is 0 Å². The third-order valence-corrected chi connectivity index (χ3v) is 2.16. The lowest BCUT2D eigenvalue weighted by Crippen LogP contribution is -1.67. The molecular weight excluding hydrogens is 172 g/mol. The van der Waals surface area contributed by atoms with Crippen LogP contribution in [0.2, 0.25) is 0 Å². The van der Waals surface area contributed by atoms with Gasteiger partial charge in [0.2, 0.25) is 0 Å². The summed E-state index contributed by atoms with van der Waals surface area (Å²) >= 11 is 0. The third-order valence-electron chi connectivity index (χ3n) is 2.16. The van der Waals surface area contributed by atoms with Crippen LogP contribution in [-0.4, -0.2) is 12.7 Å². The van der Waals surface area contributed by atoms with Crippen LogP contribution in [0.5, 0.6) is 0 Å². The molecule has 0 aliphatic carbocycles. The standard InChI is InChI=1S/C10H8.C3H6O/c1-2-6-10-8-4-3-7-9(10)5-1;1-3-2-4-3/h1-8H;3H,2H2,1H3. The molecular formula is C13H14O.